The number of aliphatic carboxylic acids is 1. The summed E-state index contributed by atoms with van der Waals surface area (Å²) in [6.07, 6.45) is 9.13. The van der Waals surface area contributed by atoms with Gasteiger partial charge in [0.1, 0.15) is 0 Å². The molecule has 0 unspecified atom stereocenters. The maximum atomic E-state index is 10.2. The molecule has 2 nitrogen and oxygen atoms in total. The average Bonchev–Trinajstić information content (AvgIpc) is 2.05. The molecule has 0 radical (unpaired) electrons. The summed E-state index contributed by atoms with van der Waals surface area (Å²) < 4.78 is 0. The Morgan fingerprint density at radius 1 is 1.23 bits per heavy atom. The SMILES string of the molecule is O=C(O)CCCC1CCCCC1.[BaH2]. The minimum absolute atomic E-state index is 0. The zero-order chi connectivity index (χ0) is 8.81. The van der Waals surface area contributed by atoms with Gasteiger partial charge in [0, 0.05) is 6.42 Å². The van der Waals surface area contributed by atoms with Crippen molar-refractivity contribution in [3.8, 4) is 0 Å². The van der Waals surface area contributed by atoms with E-state index in [0.29, 0.717) is 6.42 Å². The fourth-order valence-corrected chi connectivity index (χ4v) is 2.02. The molecule has 0 aromatic rings. The predicted octanol–water partition coefficient (Wildman–Crippen LogP) is 1.91. The van der Waals surface area contributed by atoms with Crippen LogP contribution >= 0.6 is 0 Å². The van der Waals surface area contributed by atoms with E-state index < -0.39 is 5.97 Å². The van der Waals surface area contributed by atoms with Crippen LogP contribution in [0.1, 0.15) is 51.4 Å². The van der Waals surface area contributed by atoms with Crippen LogP contribution in [0.5, 0.6) is 0 Å². The van der Waals surface area contributed by atoms with Gasteiger partial charge in [-0.1, -0.05) is 32.1 Å². The van der Waals surface area contributed by atoms with E-state index in [1.54, 1.807) is 0 Å². The summed E-state index contributed by atoms with van der Waals surface area (Å²) in [4.78, 5) is 10.2. The van der Waals surface area contributed by atoms with Crippen LogP contribution in [0.2, 0.25) is 0 Å². The van der Waals surface area contributed by atoms with Crippen molar-refractivity contribution in [3.05, 3.63) is 0 Å². The summed E-state index contributed by atoms with van der Waals surface area (Å²) in [5, 5.41) is 8.44. The Hall–Kier alpha value is 1.04. The Kier molecular flexibility index (Phi) is 9.03. The predicted molar refractivity (Wildman–Crippen MR) is 56.6 cm³/mol. The zero-order valence-electron chi connectivity index (χ0n) is 7.59. The van der Waals surface area contributed by atoms with Crippen LogP contribution in [-0.2, 0) is 4.79 Å². The quantitative estimate of drug-likeness (QED) is 0.806. The van der Waals surface area contributed by atoms with Crippen LogP contribution in [0.15, 0.2) is 0 Å². The molecule has 74 valence electrons. The third-order valence-corrected chi connectivity index (χ3v) is 2.73. The Morgan fingerprint density at radius 2 is 1.85 bits per heavy atom. The number of carboxylic acids is 1. The van der Waals surface area contributed by atoms with Gasteiger partial charge in [0.25, 0.3) is 0 Å². The number of hydrogen-bond acceptors (Lipinski definition) is 1. The molecular weight excluding hydrogens is 289 g/mol. The summed E-state index contributed by atoms with van der Waals surface area (Å²) in [5.74, 6) is 0.184. The first-order chi connectivity index (χ1) is 5.79. The fourth-order valence-electron chi connectivity index (χ4n) is 2.02. The molecule has 0 bridgehead atoms. The maximum absolute atomic E-state index is 10.2. The molecule has 1 aliphatic carbocycles. The first-order valence-corrected chi connectivity index (χ1v) is 5.01. The molecule has 0 aromatic carbocycles. The van der Waals surface area contributed by atoms with Crippen molar-refractivity contribution in [3.63, 3.8) is 0 Å². The molecule has 1 aliphatic rings. The van der Waals surface area contributed by atoms with Gasteiger partial charge in [0.2, 0.25) is 0 Å². The van der Waals surface area contributed by atoms with Gasteiger partial charge in [0.05, 0.1) is 0 Å². The normalized spacial score (nSPS) is 17.8. The van der Waals surface area contributed by atoms with Crippen molar-refractivity contribution in [2.24, 2.45) is 5.92 Å². The van der Waals surface area contributed by atoms with Gasteiger partial charge in [-0.2, -0.15) is 0 Å². The molecule has 13 heavy (non-hydrogen) atoms. The van der Waals surface area contributed by atoms with Crippen molar-refractivity contribution in [2.75, 3.05) is 0 Å². The Bertz CT molecular complexity index is 142. The molecule has 0 aliphatic heterocycles. The van der Waals surface area contributed by atoms with Crippen LogP contribution in [0.3, 0.4) is 0 Å². The first-order valence-electron chi connectivity index (χ1n) is 5.01. The number of carboxylic acid groups (broad SMARTS) is 1. The number of hydrogen-bond donors (Lipinski definition) is 1. The third kappa shape index (κ3) is 7.03. The van der Waals surface area contributed by atoms with Crippen LogP contribution in [0.25, 0.3) is 0 Å². The standard InChI is InChI=1S/C10H18O2.Ba.2H/c11-10(12)8-4-7-9-5-2-1-3-6-9;;;/h9H,1-8H2,(H,11,12);;;. The number of rotatable bonds is 4. The van der Waals surface area contributed by atoms with E-state index >= 15 is 0 Å². The van der Waals surface area contributed by atoms with E-state index in [1.165, 1.54) is 32.1 Å². The van der Waals surface area contributed by atoms with Crippen molar-refractivity contribution in [1.29, 1.82) is 0 Å². The van der Waals surface area contributed by atoms with E-state index in [2.05, 4.69) is 0 Å². The third-order valence-electron chi connectivity index (χ3n) is 2.73. The van der Waals surface area contributed by atoms with E-state index in [1.807, 2.05) is 0 Å². The van der Waals surface area contributed by atoms with E-state index in [-0.39, 0.29) is 48.9 Å². The van der Waals surface area contributed by atoms with Gasteiger partial charge in [-0.15, -0.1) is 0 Å². The van der Waals surface area contributed by atoms with E-state index in [9.17, 15) is 4.79 Å². The average molecular weight is 310 g/mol. The molecule has 0 spiro atoms. The summed E-state index contributed by atoms with van der Waals surface area (Å²) in [7, 11) is 0. The topological polar surface area (TPSA) is 37.3 Å². The fraction of sp³-hybridized carbons (Fsp3) is 0.900. The van der Waals surface area contributed by atoms with Crippen molar-refractivity contribution in [2.45, 2.75) is 51.4 Å². The molecule has 0 heterocycles. The molecule has 1 rings (SSSR count). The molecule has 3 heteroatoms. The summed E-state index contributed by atoms with van der Waals surface area (Å²) in [6.45, 7) is 0. The van der Waals surface area contributed by atoms with E-state index in [0.717, 1.165) is 18.8 Å². The van der Waals surface area contributed by atoms with Crippen molar-refractivity contribution < 1.29 is 9.90 Å². The first kappa shape index (κ1) is 14.0. The summed E-state index contributed by atoms with van der Waals surface area (Å²) in [5.41, 5.74) is 0. The van der Waals surface area contributed by atoms with Gasteiger partial charge in [0.15, 0.2) is 0 Å². The van der Waals surface area contributed by atoms with Crippen LogP contribution < -0.4 is 0 Å². The molecule has 0 amide bonds. The molecule has 1 saturated carbocycles. The molecule has 0 atom stereocenters. The van der Waals surface area contributed by atoms with E-state index in [4.69, 9.17) is 5.11 Å². The van der Waals surface area contributed by atoms with Crippen LogP contribution in [-0.4, -0.2) is 60.0 Å². The monoisotopic (exact) mass is 310 g/mol. The van der Waals surface area contributed by atoms with Gasteiger partial charge >= 0.3 is 54.9 Å². The van der Waals surface area contributed by atoms with Gasteiger partial charge in [-0.3, -0.25) is 4.79 Å². The van der Waals surface area contributed by atoms with Crippen LogP contribution in [0, 0.1) is 5.92 Å². The second-order valence-electron chi connectivity index (χ2n) is 3.79. The summed E-state index contributed by atoms with van der Waals surface area (Å²) in [6, 6.07) is 0. The van der Waals surface area contributed by atoms with Gasteiger partial charge in [-0.25, -0.2) is 0 Å². The van der Waals surface area contributed by atoms with Gasteiger partial charge in [-0.05, 0) is 18.8 Å². The van der Waals surface area contributed by atoms with Gasteiger partial charge < -0.3 is 5.11 Å². The minimum atomic E-state index is -0.647. The number of carbonyl (C=O) groups is 1. The summed E-state index contributed by atoms with van der Waals surface area (Å²) >= 11 is 0. The Morgan fingerprint density at radius 3 is 2.38 bits per heavy atom. The second-order valence-corrected chi connectivity index (χ2v) is 3.79. The second kappa shape index (κ2) is 8.36. The van der Waals surface area contributed by atoms with Crippen LogP contribution in [0.4, 0.5) is 0 Å². The molecule has 0 saturated heterocycles. The zero-order valence-corrected chi connectivity index (χ0v) is 7.59. The Labute approximate surface area is 121 Å². The molecule has 0 aromatic heterocycles. The molecule has 1 fully saturated rings. The molecular formula is C10H20BaO2. The Balaban J connectivity index is 0.00000144. The van der Waals surface area contributed by atoms with Crippen molar-refractivity contribution >= 4 is 54.9 Å². The molecule has 1 N–H and O–H groups in total. The van der Waals surface area contributed by atoms with Crippen molar-refractivity contribution in [1.82, 2.24) is 0 Å².